The third-order valence-electron chi connectivity index (χ3n) is 4.61. The Balaban J connectivity index is 1.55. The molecule has 2 unspecified atom stereocenters. The largest absolute Gasteiger partial charge is 0.394 e. The quantitative estimate of drug-likeness (QED) is 0.348. The standard InChI is InChI=1S/C20H25N5O2S2/c1-13(11-26)22-17-16-18(23-19(29-16)21-10-15-8-5-9-27-15)25-20(24-17)28-12-14-6-3-2-4-7-14/h2-4,6-7,13,15,26H,5,8-12H2,1H3,(H2,21,22,23,24,25). The van der Waals surface area contributed by atoms with Crippen molar-refractivity contribution in [3.63, 3.8) is 0 Å². The van der Waals surface area contributed by atoms with Crippen LogP contribution < -0.4 is 10.6 Å². The molecule has 3 aromatic rings. The Hall–Kier alpha value is -1.94. The van der Waals surface area contributed by atoms with Crippen LogP contribution in [-0.2, 0) is 10.5 Å². The third kappa shape index (κ3) is 5.36. The molecule has 7 nitrogen and oxygen atoms in total. The van der Waals surface area contributed by atoms with Crippen LogP contribution in [0, 0.1) is 0 Å². The second kappa shape index (κ2) is 9.71. The maximum Gasteiger partial charge on any atom is 0.191 e. The van der Waals surface area contributed by atoms with E-state index in [-0.39, 0.29) is 18.8 Å². The van der Waals surface area contributed by atoms with E-state index < -0.39 is 0 Å². The van der Waals surface area contributed by atoms with E-state index >= 15 is 0 Å². The minimum Gasteiger partial charge on any atom is -0.394 e. The smallest absolute Gasteiger partial charge is 0.191 e. The first kappa shape index (κ1) is 20.3. The summed E-state index contributed by atoms with van der Waals surface area (Å²) >= 11 is 3.11. The van der Waals surface area contributed by atoms with Gasteiger partial charge in [-0.1, -0.05) is 53.4 Å². The van der Waals surface area contributed by atoms with Crippen LogP contribution in [0.2, 0.25) is 0 Å². The van der Waals surface area contributed by atoms with E-state index in [0.29, 0.717) is 10.8 Å². The fourth-order valence-electron chi connectivity index (χ4n) is 3.05. The number of ether oxygens (including phenoxy) is 1. The van der Waals surface area contributed by atoms with E-state index in [1.807, 2.05) is 25.1 Å². The number of fused-ring (bicyclic) bond motifs is 1. The lowest BCUT2D eigenvalue weighted by Crippen LogP contribution is -2.20. The molecule has 29 heavy (non-hydrogen) atoms. The molecule has 1 aliphatic heterocycles. The van der Waals surface area contributed by atoms with Gasteiger partial charge in [-0.15, -0.1) is 0 Å². The number of aliphatic hydroxyl groups excluding tert-OH is 1. The Morgan fingerprint density at radius 2 is 2.14 bits per heavy atom. The number of aromatic nitrogens is 3. The number of rotatable bonds is 9. The van der Waals surface area contributed by atoms with Gasteiger partial charge in [0.05, 0.1) is 12.7 Å². The molecule has 1 aliphatic rings. The molecule has 3 N–H and O–H groups in total. The van der Waals surface area contributed by atoms with Crippen molar-refractivity contribution >= 4 is 44.4 Å². The van der Waals surface area contributed by atoms with Gasteiger partial charge in [0.15, 0.2) is 21.8 Å². The number of thiazole rings is 1. The van der Waals surface area contributed by atoms with Crippen molar-refractivity contribution in [2.75, 3.05) is 30.4 Å². The zero-order valence-corrected chi connectivity index (χ0v) is 17.9. The van der Waals surface area contributed by atoms with Crippen LogP contribution in [0.3, 0.4) is 0 Å². The normalized spacial score (nSPS) is 17.5. The van der Waals surface area contributed by atoms with E-state index in [0.717, 1.165) is 47.4 Å². The van der Waals surface area contributed by atoms with E-state index in [4.69, 9.17) is 9.72 Å². The number of thioether (sulfide) groups is 1. The highest BCUT2D eigenvalue weighted by molar-refractivity contribution is 7.98. The molecule has 1 saturated heterocycles. The molecule has 0 spiro atoms. The zero-order valence-electron chi connectivity index (χ0n) is 16.3. The molecule has 0 radical (unpaired) electrons. The van der Waals surface area contributed by atoms with Gasteiger partial charge in [0, 0.05) is 24.9 Å². The molecule has 0 aliphatic carbocycles. The molecule has 154 valence electrons. The van der Waals surface area contributed by atoms with Crippen LogP contribution in [0.15, 0.2) is 35.5 Å². The molecular formula is C20H25N5O2S2. The lowest BCUT2D eigenvalue weighted by atomic mass is 10.2. The molecular weight excluding hydrogens is 406 g/mol. The van der Waals surface area contributed by atoms with Crippen LogP contribution in [0.1, 0.15) is 25.3 Å². The van der Waals surface area contributed by atoms with Gasteiger partial charge in [-0.3, -0.25) is 0 Å². The molecule has 4 rings (SSSR count). The van der Waals surface area contributed by atoms with Crippen molar-refractivity contribution in [3.8, 4) is 0 Å². The van der Waals surface area contributed by atoms with Crippen molar-refractivity contribution < 1.29 is 9.84 Å². The molecule has 3 heterocycles. The molecule has 0 bridgehead atoms. The Bertz CT molecular complexity index is 931. The van der Waals surface area contributed by atoms with Crippen LogP contribution in [0.25, 0.3) is 10.3 Å². The maximum atomic E-state index is 9.45. The van der Waals surface area contributed by atoms with Crippen LogP contribution in [-0.4, -0.2) is 52.0 Å². The van der Waals surface area contributed by atoms with Gasteiger partial charge < -0.3 is 20.5 Å². The van der Waals surface area contributed by atoms with Gasteiger partial charge in [-0.25, -0.2) is 9.97 Å². The van der Waals surface area contributed by atoms with Crippen molar-refractivity contribution in [1.82, 2.24) is 15.0 Å². The second-order valence-electron chi connectivity index (χ2n) is 7.04. The Labute approximate surface area is 178 Å². The number of aliphatic hydroxyl groups is 1. The fourth-order valence-corrected chi connectivity index (χ4v) is 4.71. The van der Waals surface area contributed by atoms with Gasteiger partial charge >= 0.3 is 0 Å². The second-order valence-corrected chi connectivity index (χ2v) is 8.99. The predicted molar refractivity (Wildman–Crippen MR) is 119 cm³/mol. The summed E-state index contributed by atoms with van der Waals surface area (Å²) in [4.78, 5) is 14.0. The molecule has 9 heteroatoms. The molecule has 0 amide bonds. The number of nitrogens with zero attached hydrogens (tertiary/aromatic N) is 3. The van der Waals surface area contributed by atoms with Crippen molar-refractivity contribution in [1.29, 1.82) is 0 Å². The highest BCUT2D eigenvalue weighted by Gasteiger charge is 2.18. The van der Waals surface area contributed by atoms with E-state index in [1.165, 1.54) is 16.9 Å². The van der Waals surface area contributed by atoms with Gasteiger partial charge in [-0.05, 0) is 25.3 Å². The summed E-state index contributed by atoms with van der Waals surface area (Å²) in [5.41, 5.74) is 1.89. The Morgan fingerprint density at radius 3 is 2.90 bits per heavy atom. The average Bonchev–Trinajstić information content (AvgIpc) is 3.41. The summed E-state index contributed by atoms with van der Waals surface area (Å²) in [5, 5.41) is 17.6. The van der Waals surface area contributed by atoms with Crippen LogP contribution in [0.4, 0.5) is 10.9 Å². The van der Waals surface area contributed by atoms with Gasteiger partial charge in [0.2, 0.25) is 0 Å². The summed E-state index contributed by atoms with van der Waals surface area (Å²) in [7, 11) is 0. The van der Waals surface area contributed by atoms with Gasteiger partial charge in [0.25, 0.3) is 0 Å². The van der Waals surface area contributed by atoms with E-state index in [2.05, 4.69) is 32.7 Å². The Morgan fingerprint density at radius 1 is 1.28 bits per heavy atom. The minimum atomic E-state index is -0.106. The molecule has 0 saturated carbocycles. The van der Waals surface area contributed by atoms with E-state index in [1.54, 1.807) is 11.8 Å². The number of nitrogens with one attached hydrogen (secondary N) is 2. The van der Waals surface area contributed by atoms with Gasteiger partial charge in [-0.2, -0.15) is 4.98 Å². The van der Waals surface area contributed by atoms with E-state index in [9.17, 15) is 5.11 Å². The summed E-state index contributed by atoms with van der Waals surface area (Å²) in [6.45, 7) is 3.54. The van der Waals surface area contributed by atoms with Crippen LogP contribution >= 0.6 is 23.1 Å². The maximum absolute atomic E-state index is 9.45. The van der Waals surface area contributed by atoms with Crippen LogP contribution in [0.5, 0.6) is 0 Å². The lowest BCUT2D eigenvalue weighted by molar-refractivity contribution is 0.120. The Kier molecular flexibility index (Phi) is 6.81. The van der Waals surface area contributed by atoms with Crippen molar-refractivity contribution in [2.45, 2.75) is 42.8 Å². The zero-order chi connectivity index (χ0) is 20.1. The van der Waals surface area contributed by atoms with Crippen molar-refractivity contribution in [2.24, 2.45) is 0 Å². The first-order valence-electron chi connectivity index (χ1n) is 9.79. The number of hydrogen-bond acceptors (Lipinski definition) is 9. The van der Waals surface area contributed by atoms with Crippen molar-refractivity contribution in [3.05, 3.63) is 35.9 Å². The first-order chi connectivity index (χ1) is 14.2. The lowest BCUT2D eigenvalue weighted by Gasteiger charge is -2.12. The third-order valence-corrected chi connectivity index (χ3v) is 6.53. The summed E-state index contributed by atoms with van der Waals surface area (Å²) < 4.78 is 6.57. The molecule has 1 aromatic carbocycles. The molecule has 2 aromatic heterocycles. The number of anilines is 2. The summed E-state index contributed by atoms with van der Waals surface area (Å²) in [5.74, 6) is 1.50. The summed E-state index contributed by atoms with van der Waals surface area (Å²) in [6.07, 6.45) is 2.45. The first-order valence-corrected chi connectivity index (χ1v) is 11.6. The SMILES string of the molecule is CC(CO)Nc1nc(SCc2ccccc2)nc2nc(NCC3CCCO3)sc12. The molecule has 2 atom stereocenters. The minimum absolute atomic E-state index is 0.0287. The summed E-state index contributed by atoms with van der Waals surface area (Å²) in [6, 6.07) is 10.1. The fraction of sp³-hybridized carbons (Fsp3) is 0.450. The molecule has 1 fully saturated rings. The van der Waals surface area contributed by atoms with Gasteiger partial charge in [0.1, 0.15) is 4.70 Å². The monoisotopic (exact) mass is 431 g/mol. The highest BCUT2D eigenvalue weighted by Crippen LogP contribution is 2.33. The predicted octanol–water partition coefficient (Wildman–Crippen LogP) is 3.76. The number of hydrogen-bond donors (Lipinski definition) is 3. The average molecular weight is 432 g/mol. The highest BCUT2D eigenvalue weighted by atomic mass is 32.2. The topological polar surface area (TPSA) is 92.2 Å². The number of benzene rings is 1.